The summed E-state index contributed by atoms with van der Waals surface area (Å²) >= 11 is 0. The fourth-order valence-corrected chi connectivity index (χ4v) is 2.05. The third kappa shape index (κ3) is 5.08. The summed E-state index contributed by atoms with van der Waals surface area (Å²) in [6.45, 7) is 3.63. The zero-order chi connectivity index (χ0) is 16.7. The number of carbonyl (C=O) groups is 1. The molecule has 6 heteroatoms. The van der Waals surface area contributed by atoms with Crippen LogP contribution in [0.5, 0.6) is 0 Å². The Kier molecular flexibility index (Phi) is 5.64. The number of carbonyl (C=O) groups excluding carboxylic acids is 1. The van der Waals surface area contributed by atoms with Crippen LogP contribution in [0, 0.1) is 11.3 Å². The summed E-state index contributed by atoms with van der Waals surface area (Å²) in [4.78, 5) is 20.1. The molecule has 0 aliphatic carbocycles. The van der Waals surface area contributed by atoms with Crippen molar-refractivity contribution >= 4 is 11.8 Å². The predicted octanol–water partition coefficient (Wildman–Crippen LogP) is 2.84. The normalized spacial score (nSPS) is 11.6. The van der Waals surface area contributed by atoms with Crippen LogP contribution >= 0.6 is 0 Å². The summed E-state index contributed by atoms with van der Waals surface area (Å²) in [5.74, 6) is 0.207. The number of anilines is 1. The summed E-state index contributed by atoms with van der Waals surface area (Å²) in [7, 11) is 0. The molecule has 0 aliphatic heterocycles. The van der Waals surface area contributed by atoms with Crippen molar-refractivity contribution in [3.8, 4) is 6.07 Å². The van der Waals surface area contributed by atoms with E-state index in [9.17, 15) is 4.79 Å². The number of aromatic nitrogens is 2. The molecular weight excluding hydrogens is 292 g/mol. The smallest absolute Gasteiger partial charge is 0.308 e. The van der Waals surface area contributed by atoms with Gasteiger partial charge in [-0.3, -0.25) is 4.79 Å². The molecule has 2 aromatic rings. The monoisotopic (exact) mass is 310 g/mol. The number of nitriles is 1. The lowest BCUT2D eigenvalue weighted by atomic mass is 10.0. The second kappa shape index (κ2) is 7.90. The number of benzene rings is 1. The Labute approximate surface area is 135 Å². The van der Waals surface area contributed by atoms with Crippen molar-refractivity contribution in [2.24, 2.45) is 0 Å². The van der Waals surface area contributed by atoms with E-state index in [1.807, 2.05) is 50.2 Å². The molecule has 118 valence electrons. The Hall–Kier alpha value is -2.94. The predicted molar refractivity (Wildman–Crippen MR) is 85.4 cm³/mol. The van der Waals surface area contributed by atoms with Crippen LogP contribution in [0.2, 0.25) is 0 Å². The lowest BCUT2D eigenvalue weighted by Gasteiger charge is -2.19. The molecule has 1 N–H and O–H groups in total. The van der Waals surface area contributed by atoms with E-state index in [-0.39, 0.29) is 30.2 Å². The maximum Gasteiger partial charge on any atom is 0.308 e. The van der Waals surface area contributed by atoms with E-state index in [1.165, 1.54) is 12.4 Å². The Morgan fingerprint density at radius 3 is 2.57 bits per heavy atom. The minimum Gasteiger partial charge on any atom is -0.463 e. The molecule has 23 heavy (non-hydrogen) atoms. The van der Waals surface area contributed by atoms with Crippen molar-refractivity contribution in [2.45, 2.75) is 32.4 Å². The molecule has 0 amide bonds. The largest absolute Gasteiger partial charge is 0.463 e. The van der Waals surface area contributed by atoms with Crippen molar-refractivity contribution in [1.82, 2.24) is 9.97 Å². The summed E-state index contributed by atoms with van der Waals surface area (Å²) in [6.07, 6.45) is 2.87. The molecule has 0 radical (unpaired) electrons. The summed E-state index contributed by atoms with van der Waals surface area (Å²) in [6, 6.07) is 11.2. The molecule has 0 fully saturated rings. The van der Waals surface area contributed by atoms with Gasteiger partial charge in [-0.25, -0.2) is 9.97 Å². The molecular formula is C17H18N4O2. The second-order valence-corrected chi connectivity index (χ2v) is 5.25. The van der Waals surface area contributed by atoms with E-state index < -0.39 is 0 Å². The van der Waals surface area contributed by atoms with Gasteiger partial charge in [0.25, 0.3) is 0 Å². The maximum atomic E-state index is 12.0. The van der Waals surface area contributed by atoms with Crippen LogP contribution in [0.1, 0.15) is 37.6 Å². The Morgan fingerprint density at radius 2 is 2.00 bits per heavy atom. The third-order valence-electron chi connectivity index (χ3n) is 3.03. The van der Waals surface area contributed by atoms with Gasteiger partial charge in [0.2, 0.25) is 0 Å². The lowest BCUT2D eigenvalue weighted by molar-refractivity contribution is -0.147. The maximum absolute atomic E-state index is 12.0. The van der Waals surface area contributed by atoms with Gasteiger partial charge >= 0.3 is 5.97 Å². The van der Waals surface area contributed by atoms with Gasteiger partial charge in [-0.15, -0.1) is 0 Å². The van der Waals surface area contributed by atoms with E-state index in [1.54, 1.807) is 0 Å². The minimum absolute atomic E-state index is 0.159. The number of nitrogens with zero attached hydrogens (tertiary/aromatic N) is 3. The van der Waals surface area contributed by atoms with Gasteiger partial charge in [-0.05, 0) is 19.4 Å². The first-order chi connectivity index (χ1) is 11.1. The standard InChI is InChI=1S/C17H18N4O2/c1-12(2)23-17(22)8-15(13-6-4-3-5-7-13)21-16-11-19-14(9-18)10-20-16/h3-7,10-12,15H,8H2,1-2H3,(H,20,21). The SMILES string of the molecule is CC(C)OC(=O)CC(Nc1cnc(C#N)cn1)c1ccccc1. The van der Waals surface area contributed by atoms with Crippen molar-refractivity contribution < 1.29 is 9.53 Å². The van der Waals surface area contributed by atoms with Crippen LogP contribution in [-0.2, 0) is 9.53 Å². The highest BCUT2D eigenvalue weighted by molar-refractivity contribution is 5.71. The van der Waals surface area contributed by atoms with E-state index in [0.29, 0.717) is 5.82 Å². The number of nitrogens with one attached hydrogen (secondary N) is 1. The highest BCUT2D eigenvalue weighted by Crippen LogP contribution is 2.22. The van der Waals surface area contributed by atoms with Gasteiger partial charge in [-0.1, -0.05) is 30.3 Å². The third-order valence-corrected chi connectivity index (χ3v) is 3.03. The van der Waals surface area contributed by atoms with Crippen LogP contribution < -0.4 is 5.32 Å². The second-order valence-electron chi connectivity index (χ2n) is 5.25. The van der Waals surface area contributed by atoms with Gasteiger partial charge in [0.1, 0.15) is 11.9 Å². The van der Waals surface area contributed by atoms with E-state index >= 15 is 0 Å². The van der Waals surface area contributed by atoms with Crippen LogP contribution in [-0.4, -0.2) is 22.0 Å². The first kappa shape index (κ1) is 16.4. The molecule has 0 bridgehead atoms. The molecule has 1 unspecified atom stereocenters. The highest BCUT2D eigenvalue weighted by atomic mass is 16.5. The number of ether oxygens (including phenoxy) is 1. The number of hydrogen-bond donors (Lipinski definition) is 1. The highest BCUT2D eigenvalue weighted by Gasteiger charge is 2.18. The summed E-state index contributed by atoms with van der Waals surface area (Å²) in [5, 5.41) is 11.9. The molecule has 0 aliphatic rings. The fourth-order valence-electron chi connectivity index (χ4n) is 2.05. The van der Waals surface area contributed by atoms with Crippen molar-refractivity contribution in [3.63, 3.8) is 0 Å². The average molecular weight is 310 g/mol. The zero-order valence-electron chi connectivity index (χ0n) is 13.1. The Bertz CT molecular complexity index is 678. The Morgan fingerprint density at radius 1 is 1.26 bits per heavy atom. The van der Waals surface area contributed by atoms with Crippen molar-refractivity contribution in [2.75, 3.05) is 5.32 Å². The molecule has 1 aromatic heterocycles. The lowest BCUT2D eigenvalue weighted by Crippen LogP contribution is -2.20. The van der Waals surface area contributed by atoms with E-state index in [0.717, 1.165) is 5.56 Å². The molecule has 0 saturated heterocycles. The van der Waals surface area contributed by atoms with Crippen molar-refractivity contribution in [3.05, 3.63) is 54.0 Å². The number of hydrogen-bond acceptors (Lipinski definition) is 6. The molecule has 2 rings (SSSR count). The van der Waals surface area contributed by atoms with Gasteiger partial charge < -0.3 is 10.1 Å². The Balaban J connectivity index is 2.16. The van der Waals surface area contributed by atoms with Gasteiger partial charge in [0, 0.05) is 0 Å². The van der Waals surface area contributed by atoms with Crippen LogP contribution in [0.15, 0.2) is 42.7 Å². The van der Waals surface area contributed by atoms with Gasteiger partial charge in [-0.2, -0.15) is 5.26 Å². The van der Waals surface area contributed by atoms with E-state index in [2.05, 4.69) is 15.3 Å². The van der Waals surface area contributed by atoms with Crippen LogP contribution in [0.25, 0.3) is 0 Å². The summed E-state index contributed by atoms with van der Waals surface area (Å²) in [5.41, 5.74) is 1.19. The molecule has 6 nitrogen and oxygen atoms in total. The molecule has 1 heterocycles. The molecule has 1 atom stereocenters. The van der Waals surface area contributed by atoms with E-state index in [4.69, 9.17) is 10.00 Å². The molecule has 1 aromatic carbocycles. The topological polar surface area (TPSA) is 87.9 Å². The average Bonchev–Trinajstić information content (AvgIpc) is 2.55. The summed E-state index contributed by atoms with van der Waals surface area (Å²) < 4.78 is 5.22. The zero-order valence-corrected chi connectivity index (χ0v) is 13.1. The molecule has 0 saturated carbocycles. The number of rotatable bonds is 6. The quantitative estimate of drug-likeness (QED) is 0.825. The minimum atomic E-state index is -0.289. The van der Waals surface area contributed by atoms with Crippen molar-refractivity contribution in [1.29, 1.82) is 5.26 Å². The van der Waals surface area contributed by atoms with Crippen LogP contribution in [0.4, 0.5) is 5.82 Å². The fraction of sp³-hybridized carbons (Fsp3) is 0.294. The molecule has 0 spiro atoms. The van der Waals surface area contributed by atoms with Gasteiger partial charge in [0.05, 0.1) is 31.0 Å². The van der Waals surface area contributed by atoms with Crippen LogP contribution in [0.3, 0.4) is 0 Å². The first-order valence-corrected chi connectivity index (χ1v) is 7.31. The first-order valence-electron chi connectivity index (χ1n) is 7.31. The number of esters is 1. The van der Waals surface area contributed by atoms with Gasteiger partial charge in [0.15, 0.2) is 5.69 Å².